The van der Waals surface area contributed by atoms with Crippen LogP contribution in [-0.2, 0) is 9.59 Å². The molecule has 5 heteroatoms. The number of hydrogen-bond donors (Lipinski definition) is 0. The van der Waals surface area contributed by atoms with Crippen LogP contribution >= 0.6 is 11.3 Å². The van der Waals surface area contributed by atoms with E-state index in [9.17, 15) is 9.59 Å². The minimum atomic E-state index is -0.356. The number of hydrogen-bond acceptors (Lipinski definition) is 3. The van der Waals surface area contributed by atoms with Gasteiger partial charge in [0, 0.05) is 42.5 Å². The molecule has 0 N–H and O–H groups in total. The van der Waals surface area contributed by atoms with Gasteiger partial charge in [-0.3, -0.25) is 9.59 Å². The van der Waals surface area contributed by atoms with Crippen molar-refractivity contribution in [3.05, 3.63) is 28.5 Å². The molecular weight excluding hydrogens is 284 g/mol. The summed E-state index contributed by atoms with van der Waals surface area (Å²) in [4.78, 5) is 29.0. The third kappa shape index (κ3) is 4.17. The molecule has 1 fully saturated rings. The van der Waals surface area contributed by atoms with Crippen molar-refractivity contribution in [3.63, 3.8) is 0 Å². The topological polar surface area (TPSA) is 40.6 Å². The van der Waals surface area contributed by atoms with E-state index in [1.54, 1.807) is 22.3 Å². The molecule has 1 saturated heterocycles. The fraction of sp³-hybridized carbons (Fsp3) is 0.500. The molecule has 114 valence electrons. The Bertz CT molecular complexity index is 521. The summed E-state index contributed by atoms with van der Waals surface area (Å²) in [6, 6.07) is 3.94. The van der Waals surface area contributed by atoms with Crippen molar-refractivity contribution in [2.75, 3.05) is 26.2 Å². The zero-order valence-corrected chi connectivity index (χ0v) is 13.7. The van der Waals surface area contributed by atoms with Crippen LogP contribution in [0.5, 0.6) is 0 Å². The molecule has 0 unspecified atom stereocenters. The quantitative estimate of drug-likeness (QED) is 0.788. The average Bonchev–Trinajstić information content (AvgIpc) is 2.96. The van der Waals surface area contributed by atoms with Crippen molar-refractivity contribution in [1.82, 2.24) is 9.80 Å². The lowest BCUT2D eigenvalue weighted by molar-refractivity contribution is -0.143. The number of piperazine rings is 1. The Morgan fingerprint density at radius 1 is 1.14 bits per heavy atom. The smallest absolute Gasteiger partial charge is 0.246 e. The molecule has 2 heterocycles. The molecule has 4 nitrogen and oxygen atoms in total. The van der Waals surface area contributed by atoms with Crippen LogP contribution in [0.2, 0.25) is 0 Å². The second kappa shape index (κ2) is 6.43. The molecular formula is C16H22N2O2S. The summed E-state index contributed by atoms with van der Waals surface area (Å²) in [5.74, 6) is 0.176. The second-order valence-corrected chi connectivity index (χ2v) is 7.20. The van der Waals surface area contributed by atoms with Gasteiger partial charge in [-0.1, -0.05) is 26.8 Å². The predicted octanol–water partition coefficient (Wildman–Crippen LogP) is 2.48. The Hall–Kier alpha value is -1.62. The minimum absolute atomic E-state index is 0.0197. The van der Waals surface area contributed by atoms with Crippen LogP contribution in [0.4, 0.5) is 0 Å². The van der Waals surface area contributed by atoms with Gasteiger partial charge >= 0.3 is 0 Å². The van der Waals surface area contributed by atoms with E-state index in [0.717, 1.165) is 4.88 Å². The number of carbonyl (C=O) groups excluding carboxylic acids is 2. The van der Waals surface area contributed by atoms with Gasteiger partial charge in [0.25, 0.3) is 0 Å². The largest absolute Gasteiger partial charge is 0.339 e. The number of amides is 2. The van der Waals surface area contributed by atoms with E-state index in [-0.39, 0.29) is 17.2 Å². The van der Waals surface area contributed by atoms with E-state index in [2.05, 4.69) is 0 Å². The number of rotatable bonds is 2. The van der Waals surface area contributed by atoms with Crippen molar-refractivity contribution in [2.45, 2.75) is 20.8 Å². The number of carbonyl (C=O) groups is 2. The van der Waals surface area contributed by atoms with Crippen molar-refractivity contribution >= 4 is 29.2 Å². The molecule has 1 aliphatic rings. The van der Waals surface area contributed by atoms with Gasteiger partial charge < -0.3 is 9.80 Å². The van der Waals surface area contributed by atoms with Crippen LogP contribution < -0.4 is 0 Å². The van der Waals surface area contributed by atoms with Gasteiger partial charge in [-0.25, -0.2) is 0 Å². The normalized spacial score (nSPS) is 16.5. The number of nitrogens with zero attached hydrogens (tertiary/aromatic N) is 2. The summed E-state index contributed by atoms with van der Waals surface area (Å²) in [5, 5.41) is 1.99. The maximum absolute atomic E-state index is 12.2. The molecule has 1 aromatic heterocycles. The summed E-state index contributed by atoms with van der Waals surface area (Å²) in [6.07, 6.45) is 3.47. The molecule has 0 saturated carbocycles. The lowest BCUT2D eigenvalue weighted by Crippen LogP contribution is -2.52. The van der Waals surface area contributed by atoms with E-state index < -0.39 is 0 Å². The van der Waals surface area contributed by atoms with Crippen LogP contribution in [0.25, 0.3) is 6.08 Å². The van der Waals surface area contributed by atoms with Crippen molar-refractivity contribution < 1.29 is 9.59 Å². The van der Waals surface area contributed by atoms with E-state index in [1.807, 2.05) is 49.3 Å². The fourth-order valence-corrected chi connectivity index (χ4v) is 2.87. The molecule has 0 bridgehead atoms. The molecule has 2 rings (SSSR count). The first kappa shape index (κ1) is 15.8. The van der Waals surface area contributed by atoms with Crippen LogP contribution in [-0.4, -0.2) is 47.8 Å². The highest BCUT2D eigenvalue weighted by atomic mass is 32.1. The van der Waals surface area contributed by atoms with Gasteiger partial charge in [0.15, 0.2) is 0 Å². The average molecular weight is 306 g/mol. The van der Waals surface area contributed by atoms with Crippen LogP contribution in [0, 0.1) is 5.41 Å². The highest BCUT2D eigenvalue weighted by Crippen LogP contribution is 2.18. The fourth-order valence-electron chi connectivity index (χ4n) is 2.25. The monoisotopic (exact) mass is 306 g/mol. The highest BCUT2D eigenvalue weighted by Gasteiger charge is 2.30. The molecule has 2 amide bonds. The highest BCUT2D eigenvalue weighted by molar-refractivity contribution is 7.10. The minimum Gasteiger partial charge on any atom is -0.339 e. The molecule has 0 atom stereocenters. The first-order valence-corrected chi connectivity index (χ1v) is 8.06. The Balaban J connectivity index is 1.86. The van der Waals surface area contributed by atoms with Crippen LogP contribution in [0.1, 0.15) is 25.6 Å². The van der Waals surface area contributed by atoms with E-state index >= 15 is 0 Å². The van der Waals surface area contributed by atoms with E-state index in [4.69, 9.17) is 0 Å². The molecule has 0 spiro atoms. The molecule has 1 aliphatic heterocycles. The second-order valence-electron chi connectivity index (χ2n) is 6.22. The lowest BCUT2D eigenvalue weighted by atomic mass is 9.94. The Morgan fingerprint density at radius 2 is 1.76 bits per heavy atom. The first-order chi connectivity index (χ1) is 9.88. The number of thiophene rings is 1. The summed E-state index contributed by atoms with van der Waals surface area (Å²) >= 11 is 1.61. The maximum atomic E-state index is 12.2. The molecule has 0 aliphatic carbocycles. The standard InChI is InChI=1S/C16H22N2O2S/c1-16(2,3)15(20)18-10-8-17(9-11-18)14(19)7-6-13-5-4-12-21-13/h4-7,12H,8-11H2,1-3H3/b7-6+. The zero-order chi connectivity index (χ0) is 15.5. The van der Waals surface area contributed by atoms with E-state index in [0.29, 0.717) is 26.2 Å². The summed E-state index contributed by atoms with van der Waals surface area (Å²) in [6.45, 7) is 8.23. The third-order valence-electron chi connectivity index (χ3n) is 3.45. The van der Waals surface area contributed by atoms with Gasteiger partial charge in [-0.15, -0.1) is 11.3 Å². The van der Waals surface area contributed by atoms with Gasteiger partial charge in [0.05, 0.1) is 0 Å². The first-order valence-electron chi connectivity index (χ1n) is 7.18. The van der Waals surface area contributed by atoms with Crippen molar-refractivity contribution in [3.8, 4) is 0 Å². The zero-order valence-electron chi connectivity index (χ0n) is 12.8. The molecule has 0 radical (unpaired) electrons. The maximum Gasteiger partial charge on any atom is 0.246 e. The lowest BCUT2D eigenvalue weighted by Gasteiger charge is -2.37. The molecule has 0 aromatic carbocycles. The van der Waals surface area contributed by atoms with Crippen LogP contribution in [0.3, 0.4) is 0 Å². The van der Waals surface area contributed by atoms with Crippen molar-refractivity contribution in [2.24, 2.45) is 5.41 Å². The van der Waals surface area contributed by atoms with Crippen LogP contribution in [0.15, 0.2) is 23.6 Å². The Kier molecular flexibility index (Phi) is 4.83. The molecule has 1 aromatic rings. The Morgan fingerprint density at radius 3 is 2.29 bits per heavy atom. The van der Waals surface area contributed by atoms with Gasteiger partial charge in [-0.2, -0.15) is 0 Å². The SMILES string of the molecule is CC(C)(C)C(=O)N1CCN(C(=O)/C=C/c2cccs2)CC1. The Labute approximate surface area is 130 Å². The molecule has 21 heavy (non-hydrogen) atoms. The van der Waals surface area contributed by atoms with E-state index in [1.165, 1.54) is 0 Å². The summed E-state index contributed by atoms with van der Waals surface area (Å²) in [5.41, 5.74) is -0.356. The van der Waals surface area contributed by atoms with Gasteiger partial charge in [-0.05, 0) is 17.5 Å². The summed E-state index contributed by atoms with van der Waals surface area (Å²) in [7, 11) is 0. The van der Waals surface area contributed by atoms with Crippen molar-refractivity contribution in [1.29, 1.82) is 0 Å². The summed E-state index contributed by atoms with van der Waals surface area (Å²) < 4.78 is 0. The third-order valence-corrected chi connectivity index (χ3v) is 4.29. The van der Waals surface area contributed by atoms with Gasteiger partial charge in [0.2, 0.25) is 11.8 Å². The predicted molar refractivity (Wildman–Crippen MR) is 86.0 cm³/mol. The van der Waals surface area contributed by atoms with Gasteiger partial charge in [0.1, 0.15) is 0 Å².